The number of Topliss-reactive ketones (excluding diaryl/α,β-unsaturated/α-hetero) is 1. The molecule has 128 valence electrons. The van der Waals surface area contributed by atoms with Gasteiger partial charge in [0, 0.05) is 22.8 Å². The van der Waals surface area contributed by atoms with Crippen LogP contribution in [-0.4, -0.2) is 30.6 Å². The first-order chi connectivity index (χ1) is 11.5. The smallest absolute Gasteiger partial charge is 0.306 e. The molecule has 0 bridgehead atoms. The van der Waals surface area contributed by atoms with E-state index in [0.29, 0.717) is 17.1 Å². The Bertz CT molecular complexity index is 702. The zero-order valence-corrected chi connectivity index (χ0v) is 13.1. The largest absolute Gasteiger partial charge is 0.469 e. The highest BCUT2D eigenvalue weighted by Crippen LogP contribution is 2.47. The number of carbonyl (C=O) groups excluding carboxylic acids is 2. The Morgan fingerprint density at radius 3 is 2.88 bits per heavy atom. The van der Waals surface area contributed by atoms with Gasteiger partial charge in [-0.05, 0) is 24.6 Å². The van der Waals surface area contributed by atoms with E-state index in [4.69, 9.17) is 9.47 Å². The average molecular weight is 335 g/mol. The van der Waals surface area contributed by atoms with E-state index in [2.05, 4.69) is 4.74 Å². The molecule has 0 amide bonds. The van der Waals surface area contributed by atoms with Crippen LogP contribution in [-0.2, 0) is 19.9 Å². The van der Waals surface area contributed by atoms with Crippen molar-refractivity contribution in [1.82, 2.24) is 0 Å². The van der Waals surface area contributed by atoms with Gasteiger partial charge in [-0.15, -0.1) is 0 Å². The first-order valence-corrected chi connectivity index (χ1v) is 7.60. The molecule has 1 fully saturated rings. The molecule has 0 unspecified atom stereocenters. The maximum atomic E-state index is 12.0. The summed E-state index contributed by atoms with van der Waals surface area (Å²) in [5.41, 5.74) is -1.32. The van der Waals surface area contributed by atoms with Crippen molar-refractivity contribution in [3.05, 3.63) is 33.9 Å². The van der Waals surface area contributed by atoms with Crippen molar-refractivity contribution in [3.63, 3.8) is 0 Å². The molecule has 0 spiro atoms. The number of ether oxygens (including phenoxy) is 3. The normalized spacial score (nSPS) is 25.4. The van der Waals surface area contributed by atoms with Crippen molar-refractivity contribution in [2.45, 2.75) is 31.2 Å². The molecule has 8 heteroatoms. The SMILES string of the molecule is COC(=O)C[C@@H]1CCC(=O)C[C@]1(c1ccc2c(c1)OCO2)[N+](=O)[O-]. The second-order valence-corrected chi connectivity index (χ2v) is 5.98. The van der Waals surface area contributed by atoms with Crippen LogP contribution in [0.25, 0.3) is 0 Å². The van der Waals surface area contributed by atoms with E-state index in [-0.39, 0.29) is 38.3 Å². The topological polar surface area (TPSA) is 105 Å². The van der Waals surface area contributed by atoms with Crippen LogP contribution in [0.1, 0.15) is 31.2 Å². The van der Waals surface area contributed by atoms with Gasteiger partial charge in [0.25, 0.3) is 5.54 Å². The third-order valence-corrected chi connectivity index (χ3v) is 4.75. The third kappa shape index (κ3) is 2.57. The Kier molecular flexibility index (Phi) is 4.13. The number of ketones is 1. The summed E-state index contributed by atoms with van der Waals surface area (Å²) in [5.74, 6) is -0.433. The second kappa shape index (κ2) is 6.10. The summed E-state index contributed by atoms with van der Waals surface area (Å²) in [4.78, 5) is 35.3. The first-order valence-electron chi connectivity index (χ1n) is 7.60. The Balaban J connectivity index is 2.07. The lowest BCUT2D eigenvalue weighted by atomic mass is 9.67. The molecule has 0 N–H and O–H groups in total. The van der Waals surface area contributed by atoms with Gasteiger partial charge in [-0.2, -0.15) is 0 Å². The van der Waals surface area contributed by atoms with E-state index in [1.807, 2.05) is 0 Å². The van der Waals surface area contributed by atoms with Crippen molar-refractivity contribution in [2.75, 3.05) is 13.9 Å². The number of methoxy groups -OCH3 is 1. The average Bonchev–Trinajstić information content (AvgIpc) is 3.03. The number of rotatable bonds is 4. The van der Waals surface area contributed by atoms with E-state index < -0.39 is 22.3 Å². The highest BCUT2D eigenvalue weighted by atomic mass is 16.7. The summed E-state index contributed by atoms with van der Waals surface area (Å²) < 4.78 is 15.2. The zero-order valence-electron chi connectivity index (χ0n) is 13.1. The molecule has 1 aromatic carbocycles. The van der Waals surface area contributed by atoms with Gasteiger partial charge in [0.2, 0.25) is 6.79 Å². The molecule has 2 atom stereocenters. The predicted octanol–water partition coefficient (Wildman–Crippen LogP) is 1.82. The summed E-state index contributed by atoms with van der Waals surface area (Å²) in [6.07, 6.45) is 0.131. The number of hydrogen-bond donors (Lipinski definition) is 0. The van der Waals surface area contributed by atoms with Crippen LogP contribution in [0.3, 0.4) is 0 Å². The van der Waals surface area contributed by atoms with Gasteiger partial charge >= 0.3 is 5.97 Å². The Morgan fingerprint density at radius 2 is 2.17 bits per heavy atom. The van der Waals surface area contributed by atoms with Crippen LogP contribution < -0.4 is 9.47 Å². The number of carbonyl (C=O) groups is 2. The molecule has 1 saturated carbocycles. The summed E-state index contributed by atoms with van der Waals surface area (Å²) in [6, 6.07) is 4.70. The van der Waals surface area contributed by atoms with Gasteiger partial charge < -0.3 is 14.2 Å². The third-order valence-electron chi connectivity index (χ3n) is 4.75. The minimum Gasteiger partial charge on any atom is -0.469 e. The number of esters is 1. The van der Waals surface area contributed by atoms with Crippen LogP contribution in [0.2, 0.25) is 0 Å². The molecule has 0 aromatic heterocycles. The second-order valence-electron chi connectivity index (χ2n) is 5.98. The molecule has 1 aromatic rings. The molecule has 1 aliphatic carbocycles. The molecule has 2 aliphatic rings. The highest BCUT2D eigenvalue weighted by molar-refractivity contribution is 5.81. The maximum absolute atomic E-state index is 12.0. The Labute approximate surface area is 137 Å². The number of hydrogen-bond acceptors (Lipinski definition) is 7. The predicted molar refractivity (Wildman–Crippen MR) is 80.2 cm³/mol. The lowest BCUT2D eigenvalue weighted by Gasteiger charge is -2.36. The van der Waals surface area contributed by atoms with Gasteiger partial charge in [0.05, 0.1) is 20.0 Å². The van der Waals surface area contributed by atoms with Crippen LogP contribution in [0, 0.1) is 16.0 Å². The molecule has 3 rings (SSSR count). The number of nitrogens with zero attached hydrogens (tertiary/aromatic N) is 1. The minimum absolute atomic E-state index is 0.0504. The van der Waals surface area contributed by atoms with Crippen molar-refractivity contribution < 1.29 is 28.7 Å². The fourth-order valence-corrected chi connectivity index (χ4v) is 3.49. The van der Waals surface area contributed by atoms with Crippen LogP contribution in [0.4, 0.5) is 0 Å². The summed E-state index contributed by atoms with van der Waals surface area (Å²) in [5, 5.41) is 12.0. The van der Waals surface area contributed by atoms with Gasteiger partial charge in [-0.1, -0.05) is 0 Å². The number of fused-ring (bicyclic) bond motifs is 1. The molecule has 1 aliphatic heterocycles. The van der Waals surface area contributed by atoms with E-state index in [1.165, 1.54) is 13.2 Å². The summed E-state index contributed by atoms with van der Waals surface area (Å²) >= 11 is 0. The van der Waals surface area contributed by atoms with E-state index >= 15 is 0 Å². The molecule has 1 heterocycles. The van der Waals surface area contributed by atoms with Gasteiger partial charge in [0.15, 0.2) is 11.5 Å². The minimum atomic E-state index is -1.66. The van der Waals surface area contributed by atoms with E-state index in [0.717, 1.165) is 0 Å². The van der Waals surface area contributed by atoms with Crippen LogP contribution >= 0.6 is 0 Å². The zero-order chi connectivity index (χ0) is 17.3. The van der Waals surface area contributed by atoms with Gasteiger partial charge in [-0.25, -0.2) is 0 Å². The van der Waals surface area contributed by atoms with Crippen LogP contribution in [0.15, 0.2) is 18.2 Å². The standard InChI is InChI=1S/C16H17NO7/c1-22-15(19)7-11-2-4-12(18)8-16(11,17(20)21)10-3-5-13-14(6-10)24-9-23-13/h3,5-6,11H,2,4,7-9H2,1H3/t11-,16+/m0/s1. The molecular weight excluding hydrogens is 318 g/mol. The molecule has 0 saturated heterocycles. The first kappa shape index (κ1) is 16.2. The monoisotopic (exact) mass is 335 g/mol. The quantitative estimate of drug-likeness (QED) is 0.469. The summed E-state index contributed by atoms with van der Waals surface area (Å²) in [7, 11) is 1.24. The van der Waals surface area contributed by atoms with Crippen molar-refractivity contribution in [1.29, 1.82) is 0 Å². The van der Waals surface area contributed by atoms with Gasteiger partial charge in [0.1, 0.15) is 5.78 Å². The van der Waals surface area contributed by atoms with Crippen LogP contribution in [0.5, 0.6) is 11.5 Å². The molecule has 24 heavy (non-hydrogen) atoms. The van der Waals surface area contributed by atoms with Crippen molar-refractivity contribution in [2.24, 2.45) is 5.92 Å². The fourth-order valence-electron chi connectivity index (χ4n) is 3.49. The van der Waals surface area contributed by atoms with Gasteiger partial charge in [-0.3, -0.25) is 19.7 Å². The van der Waals surface area contributed by atoms with Crippen molar-refractivity contribution in [3.8, 4) is 11.5 Å². The maximum Gasteiger partial charge on any atom is 0.306 e. The Morgan fingerprint density at radius 1 is 1.42 bits per heavy atom. The van der Waals surface area contributed by atoms with E-state index in [1.54, 1.807) is 12.1 Å². The lowest BCUT2D eigenvalue weighted by Crippen LogP contribution is -2.48. The Hall–Kier alpha value is -2.64. The summed E-state index contributed by atoms with van der Waals surface area (Å²) in [6.45, 7) is 0.0504. The molecule has 0 radical (unpaired) electrons. The van der Waals surface area contributed by atoms with Crippen molar-refractivity contribution >= 4 is 11.8 Å². The highest BCUT2D eigenvalue weighted by Gasteiger charge is 2.56. The lowest BCUT2D eigenvalue weighted by molar-refractivity contribution is -0.591. The molecule has 8 nitrogen and oxygen atoms in total. The van der Waals surface area contributed by atoms with E-state index in [9.17, 15) is 19.7 Å². The fraction of sp³-hybridized carbons (Fsp3) is 0.500. The molecular formula is C16H17NO7. The number of nitro groups is 1. The number of benzene rings is 1.